The Morgan fingerprint density at radius 2 is 2.37 bits per heavy atom. The van der Waals surface area contributed by atoms with Gasteiger partial charge in [-0.25, -0.2) is 4.68 Å². The molecule has 6 heteroatoms. The number of rotatable bonds is 6. The molecular weight excluding hydrogens is 282 g/mol. The van der Waals surface area contributed by atoms with Gasteiger partial charge in [0, 0.05) is 18.0 Å². The Morgan fingerprint density at radius 3 is 3.05 bits per heavy atom. The number of halogens is 1. The van der Waals surface area contributed by atoms with Crippen molar-refractivity contribution >= 4 is 28.6 Å². The zero-order chi connectivity index (χ0) is 13.7. The van der Waals surface area contributed by atoms with Gasteiger partial charge < -0.3 is 5.32 Å². The van der Waals surface area contributed by atoms with Gasteiger partial charge in [-0.15, -0.1) is 11.3 Å². The third kappa shape index (κ3) is 3.58. The molecule has 0 aliphatic carbocycles. The van der Waals surface area contributed by atoms with E-state index in [2.05, 4.69) is 21.9 Å². The van der Waals surface area contributed by atoms with Crippen LogP contribution < -0.4 is 10.9 Å². The molecule has 0 amide bonds. The molecule has 2 rings (SSSR count). The monoisotopic (exact) mass is 297 g/mol. The van der Waals surface area contributed by atoms with E-state index in [9.17, 15) is 4.79 Å². The summed E-state index contributed by atoms with van der Waals surface area (Å²) in [6, 6.07) is 4.12. The minimum absolute atomic E-state index is 0.217. The van der Waals surface area contributed by atoms with Crippen molar-refractivity contribution in [2.75, 3.05) is 11.9 Å². The molecule has 2 aromatic rings. The van der Waals surface area contributed by atoms with Crippen molar-refractivity contribution in [3.63, 3.8) is 0 Å². The van der Waals surface area contributed by atoms with Gasteiger partial charge in [-0.3, -0.25) is 4.79 Å². The van der Waals surface area contributed by atoms with Crippen LogP contribution in [0.5, 0.6) is 0 Å². The summed E-state index contributed by atoms with van der Waals surface area (Å²) in [5.74, 6) is 0. The molecule has 0 fully saturated rings. The van der Waals surface area contributed by atoms with E-state index in [4.69, 9.17) is 11.6 Å². The van der Waals surface area contributed by atoms with Gasteiger partial charge in [-0.05, 0) is 24.3 Å². The molecule has 2 aromatic heterocycles. The summed E-state index contributed by atoms with van der Waals surface area (Å²) < 4.78 is 1.40. The first-order chi connectivity index (χ1) is 9.22. The SMILES string of the molecule is CCCn1ncc(NCCc2cccs2)c(Cl)c1=O. The Labute approximate surface area is 121 Å². The second-order valence-corrected chi connectivity index (χ2v) is 5.57. The Kier molecular flexibility index (Phi) is 4.99. The lowest BCUT2D eigenvalue weighted by molar-refractivity contribution is 0.568. The number of aromatic nitrogens is 2. The van der Waals surface area contributed by atoms with Crippen molar-refractivity contribution in [1.82, 2.24) is 9.78 Å². The molecule has 1 N–H and O–H groups in total. The van der Waals surface area contributed by atoms with Crippen LogP contribution in [-0.4, -0.2) is 16.3 Å². The quantitative estimate of drug-likeness (QED) is 0.891. The molecule has 19 heavy (non-hydrogen) atoms. The van der Waals surface area contributed by atoms with E-state index in [1.165, 1.54) is 9.56 Å². The molecule has 0 bridgehead atoms. The number of anilines is 1. The van der Waals surface area contributed by atoms with Crippen molar-refractivity contribution in [2.24, 2.45) is 0 Å². The van der Waals surface area contributed by atoms with Gasteiger partial charge in [0.1, 0.15) is 5.02 Å². The highest BCUT2D eigenvalue weighted by Crippen LogP contribution is 2.16. The van der Waals surface area contributed by atoms with Gasteiger partial charge in [0.25, 0.3) is 5.56 Å². The molecule has 0 radical (unpaired) electrons. The number of aryl methyl sites for hydroxylation is 1. The van der Waals surface area contributed by atoms with Crippen LogP contribution in [-0.2, 0) is 13.0 Å². The van der Waals surface area contributed by atoms with Crippen LogP contribution in [0.2, 0.25) is 5.02 Å². The lowest BCUT2D eigenvalue weighted by atomic mass is 10.3. The average Bonchev–Trinajstić information content (AvgIpc) is 2.91. The second-order valence-electron chi connectivity index (χ2n) is 4.16. The Bertz CT molecular complexity index is 580. The lowest BCUT2D eigenvalue weighted by Gasteiger charge is -2.09. The van der Waals surface area contributed by atoms with Gasteiger partial charge >= 0.3 is 0 Å². The smallest absolute Gasteiger partial charge is 0.287 e. The lowest BCUT2D eigenvalue weighted by Crippen LogP contribution is -2.24. The standard InChI is InChI=1S/C13H16ClN3OS/c1-2-7-17-13(18)12(14)11(9-16-17)15-6-5-10-4-3-8-19-10/h3-4,8-9,15H,2,5-7H2,1H3. The maximum atomic E-state index is 11.9. The summed E-state index contributed by atoms with van der Waals surface area (Å²) in [6.07, 6.45) is 3.38. The number of hydrogen-bond acceptors (Lipinski definition) is 4. The van der Waals surface area contributed by atoms with Crippen molar-refractivity contribution in [3.05, 3.63) is 44.0 Å². The van der Waals surface area contributed by atoms with Crippen LogP contribution >= 0.6 is 22.9 Å². The fourth-order valence-corrected chi connectivity index (χ4v) is 2.66. The zero-order valence-corrected chi connectivity index (χ0v) is 12.3. The van der Waals surface area contributed by atoms with Crippen LogP contribution in [0.3, 0.4) is 0 Å². The summed E-state index contributed by atoms with van der Waals surface area (Å²) in [6.45, 7) is 3.32. The molecule has 0 aliphatic heterocycles. The Hall–Kier alpha value is -1.33. The van der Waals surface area contributed by atoms with Crippen molar-refractivity contribution in [3.8, 4) is 0 Å². The first-order valence-electron chi connectivity index (χ1n) is 6.24. The van der Waals surface area contributed by atoms with Crippen LogP contribution in [0, 0.1) is 0 Å². The van der Waals surface area contributed by atoms with Gasteiger partial charge in [-0.1, -0.05) is 24.6 Å². The molecule has 4 nitrogen and oxygen atoms in total. The molecule has 0 aliphatic rings. The zero-order valence-electron chi connectivity index (χ0n) is 10.7. The second kappa shape index (κ2) is 6.73. The van der Waals surface area contributed by atoms with Crippen LogP contribution in [0.4, 0.5) is 5.69 Å². The molecule has 0 saturated heterocycles. The van der Waals surface area contributed by atoms with Crippen molar-refractivity contribution in [1.29, 1.82) is 0 Å². The van der Waals surface area contributed by atoms with Crippen molar-refractivity contribution in [2.45, 2.75) is 26.3 Å². The molecule has 2 heterocycles. The van der Waals surface area contributed by atoms with E-state index in [0.717, 1.165) is 19.4 Å². The van der Waals surface area contributed by atoms with E-state index in [1.54, 1.807) is 17.5 Å². The van der Waals surface area contributed by atoms with Crippen LogP contribution in [0.15, 0.2) is 28.5 Å². The van der Waals surface area contributed by atoms with Crippen molar-refractivity contribution < 1.29 is 0 Å². The summed E-state index contributed by atoms with van der Waals surface area (Å²) >= 11 is 7.78. The summed E-state index contributed by atoms with van der Waals surface area (Å²) in [4.78, 5) is 13.2. The average molecular weight is 298 g/mol. The number of nitrogens with zero attached hydrogens (tertiary/aromatic N) is 2. The maximum Gasteiger partial charge on any atom is 0.287 e. The van der Waals surface area contributed by atoms with Crippen LogP contribution in [0.1, 0.15) is 18.2 Å². The van der Waals surface area contributed by atoms with Gasteiger partial charge in [0.15, 0.2) is 0 Å². The van der Waals surface area contributed by atoms with E-state index in [1.807, 2.05) is 13.0 Å². The highest BCUT2D eigenvalue weighted by atomic mass is 35.5. The van der Waals surface area contributed by atoms with E-state index < -0.39 is 0 Å². The molecule has 0 aromatic carbocycles. The number of thiophene rings is 1. The summed E-state index contributed by atoms with van der Waals surface area (Å²) in [5.41, 5.74) is 0.375. The molecule has 0 unspecified atom stereocenters. The molecular formula is C13H16ClN3OS. The normalized spacial score (nSPS) is 10.6. The minimum Gasteiger partial charge on any atom is -0.382 e. The molecule has 0 atom stereocenters. The number of hydrogen-bond donors (Lipinski definition) is 1. The fraction of sp³-hybridized carbons (Fsp3) is 0.385. The molecule has 0 saturated carbocycles. The summed E-state index contributed by atoms with van der Waals surface area (Å²) in [7, 11) is 0. The van der Waals surface area contributed by atoms with Gasteiger partial charge in [0.05, 0.1) is 11.9 Å². The Morgan fingerprint density at radius 1 is 1.53 bits per heavy atom. The van der Waals surface area contributed by atoms with E-state index in [0.29, 0.717) is 12.2 Å². The van der Waals surface area contributed by atoms with E-state index >= 15 is 0 Å². The van der Waals surface area contributed by atoms with Gasteiger partial charge in [-0.2, -0.15) is 5.10 Å². The summed E-state index contributed by atoms with van der Waals surface area (Å²) in [5, 5.41) is 9.53. The predicted octanol–water partition coefficient (Wildman–Crippen LogP) is 3.02. The first-order valence-corrected chi connectivity index (χ1v) is 7.50. The van der Waals surface area contributed by atoms with Gasteiger partial charge in [0.2, 0.25) is 0 Å². The third-order valence-corrected chi connectivity index (χ3v) is 3.99. The minimum atomic E-state index is -0.232. The molecule has 0 spiro atoms. The number of nitrogens with one attached hydrogen (secondary N) is 1. The van der Waals surface area contributed by atoms with Crippen LogP contribution in [0.25, 0.3) is 0 Å². The van der Waals surface area contributed by atoms with E-state index in [-0.39, 0.29) is 10.6 Å². The Balaban J connectivity index is 2.01. The predicted molar refractivity (Wildman–Crippen MR) is 80.3 cm³/mol. The highest BCUT2D eigenvalue weighted by molar-refractivity contribution is 7.09. The fourth-order valence-electron chi connectivity index (χ4n) is 1.73. The highest BCUT2D eigenvalue weighted by Gasteiger charge is 2.08. The first kappa shape index (κ1) is 14.1. The topological polar surface area (TPSA) is 46.9 Å². The maximum absolute atomic E-state index is 11.9. The third-order valence-electron chi connectivity index (χ3n) is 2.69. The largest absolute Gasteiger partial charge is 0.382 e. The molecule has 102 valence electrons.